The molecule has 3 N–H and O–H groups in total. The summed E-state index contributed by atoms with van der Waals surface area (Å²) in [7, 11) is 0. The Morgan fingerprint density at radius 3 is 2.65 bits per heavy atom. The predicted octanol–water partition coefficient (Wildman–Crippen LogP) is 1.96. The molecule has 1 spiro atoms. The Morgan fingerprint density at radius 2 is 1.90 bits per heavy atom. The molecule has 2 aliphatic heterocycles. The van der Waals surface area contributed by atoms with Gasteiger partial charge in [0, 0.05) is 51.3 Å². The van der Waals surface area contributed by atoms with Crippen LogP contribution >= 0.6 is 0 Å². The number of rotatable bonds is 4. The SMILES string of the molecule is Nc1ccc(CC(=O)N2CCC3(CC2)CC3CNC(=O)N2Cc3ccncc3C2)cn1. The minimum atomic E-state index is 0.00275. The van der Waals surface area contributed by atoms with Gasteiger partial charge in [-0.05, 0) is 59.4 Å². The van der Waals surface area contributed by atoms with Crippen LogP contribution in [-0.2, 0) is 24.3 Å². The third-order valence-electron chi connectivity index (χ3n) is 7.19. The number of nitrogen functional groups attached to an aromatic ring is 1. The lowest BCUT2D eigenvalue weighted by atomic mass is 9.90. The maximum Gasteiger partial charge on any atom is 0.318 e. The van der Waals surface area contributed by atoms with E-state index in [1.807, 2.05) is 28.1 Å². The molecule has 5 rings (SSSR count). The van der Waals surface area contributed by atoms with Crippen LogP contribution in [0.1, 0.15) is 36.0 Å². The van der Waals surface area contributed by atoms with Crippen LogP contribution in [0.25, 0.3) is 0 Å². The quantitative estimate of drug-likeness (QED) is 0.787. The van der Waals surface area contributed by atoms with Gasteiger partial charge in [-0.15, -0.1) is 0 Å². The highest BCUT2D eigenvalue weighted by Gasteiger charge is 2.54. The van der Waals surface area contributed by atoms with Crippen LogP contribution in [0.2, 0.25) is 0 Å². The molecule has 31 heavy (non-hydrogen) atoms. The van der Waals surface area contributed by atoms with Gasteiger partial charge in [-0.3, -0.25) is 9.78 Å². The van der Waals surface area contributed by atoms with Crippen molar-refractivity contribution in [2.45, 2.75) is 38.8 Å². The minimum Gasteiger partial charge on any atom is -0.384 e. The summed E-state index contributed by atoms with van der Waals surface area (Å²) < 4.78 is 0. The Hall–Kier alpha value is -3.16. The lowest BCUT2D eigenvalue weighted by molar-refractivity contribution is -0.132. The average Bonchev–Trinajstić information content (AvgIpc) is 3.25. The number of amides is 3. The summed E-state index contributed by atoms with van der Waals surface area (Å²) in [6, 6.07) is 5.58. The molecule has 8 heteroatoms. The molecular formula is C23H28N6O2. The zero-order chi connectivity index (χ0) is 21.4. The Morgan fingerprint density at radius 1 is 1.10 bits per heavy atom. The monoisotopic (exact) mass is 420 g/mol. The number of nitrogens with two attached hydrogens (primary N) is 1. The molecule has 1 atom stereocenters. The topological polar surface area (TPSA) is 104 Å². The molecule has 0 aromatic carbocycles. The number of likely N-dealkylation sites (tertiary alicyclic amines) is 1. The van der Waals surface area contributed by atoms with Crippen LogP contribution in [-0.4, -0.2) is 51.3 Å². The molecule has 4 heterocycles. The van der Waals surface area contributed by atoms with Crippen LogP contribution in [0.5, 0.6) is 0 Å². The lowest BCUT2D eigenvalue weighted by Crippen LogP contribution is -2.41. The molecule has 1 saturated carbocycles. The van der Waals surface area contributed by atoms with Crippen molar-refractivity contribution in [1.29, 1.82) is 0 Å². The van der Waals surface area contributed by atoms with Crippen molar-refractivity contribution in [2.75, 3.05) is 25.4 Å². The smallest absolute Gasteiger partial charge is 0.318 e. The first-order valence-electron chi connectivity index (χ1n) is 11.0. The van der Waals surface area contributed by atoms with E-state index in [0.717, 1.165) is 50.0 Å². The molecule has 162 valence electrons. The minimum absolute atomic E-state index is 0.00275. The standard InChI is InChI=1S/C23H28N6O2/c24-20-2-1-16(11-26-20)9-21(30)28-7-4-23(5-8-28)10-19(23)13-27-22(31)29-14-17-3-6-25-12-18(17)15-29/h1-3,6,11-12,19H,4-5,7-10,13-15H2,(H2,24,26)(H,27,31). The maximum atomic E-state index is 12.6. The number of nitrogens with zero attached hydrogens (tertiary/aromatic N) is 4. The molecule has 0 radical (unpaired) electrons. The molecule has 2 fully saturated rings. The fourth-order valence-corrected chi connectivity index (χ4v) is 5.05. The number of hydrogen-bond acceptors (Lipinski definition) is 5. The fraction of sp³-hybridized carbons (Fsp3) is 0.478. The number of piperidine rings is 1. The summed E-state index contributed by atoms with van der Waals surface area (Å²) >= 11 is 0. The van der Waals surface area contributed by atoms with Gasteiger partial charge in [-0.25, -0.2) is 9.78 Å². The molecule has 3 amide bonds. The van der Waals surface area contributed by atoms with E-state index in [4.69, 9.17) is 5.73 Å². The first-order valence-corrected chi connectivity index (χ1v) is 11.0. The molecular weight excluding hydrogens is 392 g/mol. The van der Waals surface area contributed by atoms with E-state index in [1.54, 1.807) is 18.5 Å². The second-order valence-corrected chi connectivity index (χ2v) is 9.10. The highest BCUT2D eigenvalue weighted by atomic mass is 16.2. The van der Waals surface area contributed by atoms with Gasteiger partial charge in [0.05, 0.1) is 6.42 Å². The van der Waals surface area contributed by atoms with Gasteiger partial charge in [-0.1, -0.05) is 6.07 Å². The van der Waals surface area contributed by atoms with E-state index in [1.165, 1.54) is 5.56 Å². The van der Waals surface area contributed by atoms with Crippen molar-refractivity contribution in [3.8, 4) is 0 Å². The number of pyridine rings is 2. The van der Waals surface area contributed by atoms with Crippen LogP contribution in [0.3, 0.4) is 0 Å². The first-order chi connectivity index (χ1) is 15.0. The number of hydrogen-bond donors (Lipinski definition) is 2. The zero-order valence-corrected chi connectivity index (χ0v) is 17.6. The van der Waals surface area contributed by atoms with Crippen molar-refractivity contribution in [2.24, 2.45) is 11.3 Å². The molecule has 1 saturated heterocycles. The number of anilines is 1. The highest BCUT2D eigenvalue weighted by Crippen LogP contribution is 2.59. The van der Waals surface area contributed by atoms with Crippen molar-refractivity contribution in [3.63, 3.8) is 0 Å². The van der Waals surface area contributed by atoms with Crippen molar-refractivity contribution in [3.05, 3.63) is 53.5 Å². The maximum absolute atomic E-state index is 12.6. The highest BCUT2D eigenvalue weighted by molar-refractivity contribution is 5.79. The summed E-state index contributed by atoms with van der Waals surface area (Å²) in [6.45, 7) is 3.58. The van der Waals surface area contributed by atoms with E-state index in [-0.39, 0.29) is 11.9 Å². The van der Waals surface area contributed by atoms with Gasteiger partial charge in [0.2, 0.25) is 5.91 Å². The van der Waals surface area contributed by atoms with Gasteiger partial charge < -0.3 is 20.9 Å². The van der Waals surface area contributed by atoms with Crippen LogP contribution in [0.15, 0.2) is 36.8 Å². The average molecular weight is 421 g/mol. The van der Waals surface area contributed by atoms with Crippen LogP contribution in [0, 0.1) is 11.3 Å². The number of aromatic nitrogens is 2. The molecule has 8 nitrogen and oxygen atoms in total. The van der Waals surface area contributed by atoms with Gasteiger partial charge in [-0.2, -0.15) is 0 Å². The first kappa shape index (κ1) is 19.8. The van der Waals surface area contributed by atoms with E-state index in [9.17, 15) is 9.59 Å². The number of fused-ring (bicyclic) bond motifs is 1. The summed E-state index contributed by atoms with van der Waals surface area (Å²) in [4.78, 5) is 37.2. The zero-order valence-electron chi connectivity index (χ0n) is 17.6. The van der Waals surface area contributed by atoms with Crippen molar-refractivity contribution < 1.29 is 9.59 Å². The lowest BCUT2D eigenvalue weighted by Gasteiger charge is -2.33. The second kappa shape index (κ2) is 7.83. The summed E-state index contributed by atoms with van der Waals surface area (Å²) in [5, 5.41) is 3.13. The Labute approximate surface area is 181 Å². The summed E-state index contributed by atoms with van der Waals surface area (Å²) in [6.07, 6.45) is 8.83. The van der Waals surface area contributed by atoms with Crippen molar-refractivity contribution >= 4 is 17.8 Å². The van der Waals surface area contributed by atoms with E-state index in [0.29, 0.717) is 36.7 Å². The molecule has 2 aromatic heterocycles. The number of carbonyl (C=O) groups is 2. The van der Waals surface area contributed by atoms with E-state index >= 15 is 0 Å². The number of carbonyl (C=O) groups excluding carboxylic acids is 2. The van der Waals surface area contributed by atoms with E-state index in [2.05, 4.69) is 15.3 Å². The van der Waals surface area contributed by atoms with Gasteiger partial charge in [0.25, 0.3) is 0 Å². The Bertz CT molecular complexity index is 959. The number of urea groups is 1. The normalized spacial score (nSPS) is 21.1. The number of nitrogens with one attached hydrogen (secondary N) is 1. The van der Waals surface area contributed by atoms with Gasteiger partial charge in [0.1, 0.15) is 5.82 Å². The third-order valence-corrected chi connectivity index (χ3v) is 7.19. The second-order valence-electron chi connectivity index (χ2n) is 9.10. The van der Waals surface area contributed by atoms with Crippen LogP contribution in [0.4, 0.5) is 10.6 Å². The van der Waals surface area contributed by atoms with Gasteiger partial charge in [0.15, 0.2) is 0 Å². The molecule has 1 unspecified atom stereocenters. The fourth-order valence-electron chi connectivity index (χ4n) is 5.05. The van der Waals surface area contributed by atoms with Crippen molar-refractivity contribution in [1.82, 2.24) is 25.1 Å². The summed E-state index contributed by atoms with van der Waals surface area (Å²) in [5.41, 5.74) is 9.11. The molecule has 3 aliphatic rings. The molecule has 2 aromatic rings. The predicted molar refractivity (Wildman–Crippen MR) is 116 cm³/mol. The van der Waals surface area contributed by atoms with Crippen LogP contribution < -0.4 is 11.1 Å². The molecule has 1 aliphatic carbocycles. The van der Waals surface area contributed by atoms with E-state index < -0.39 is 0 Å². The largest absolute Gasteiger partial charge is 0.384 e. The Balaban J connectivity index is 1.06. The van der Waals surface area contributed by atoms with Gasteiger partial charge >= 0.3 is 6.03 Å². The third kappa shape index (κ3) is 4.06. The Kier molecular flexibility index (Phi) is 5.00. The molecule has 0 bridgehead atoms. The summed E-state index contributed by atoms with van der Waals surface area (Å²) in [5.74, 6) is 1.13.